The molecule has 0 unspecified atom stereocenters. The van der Waals surface area contributed by atoms with Crippen LogP contribution in [0.5, 0.6) is 0 Å². The predicted molar refractivity (Wildman–Crippen MR) is 123 cm³/mol. The minimum absolute atomic E-state index is 0.112. The number of carbonyl (C=O) groups excluding carboxylic acids is 1. The quantitative estimate of drug-likeness (QED) is 0.627. The van der Waals surface area contributed by atoms with E-state index < -0.39 is 0 Å². The Bertz CT molecular complexity index is 1080. The fourth-order valence-corrected chi connectivity index (χ4v) is 4.54. The van der Waals surface area contributed by atoms with Gasteiger partial charge in [-0.2, -0.15) is 0 Å². The van der Waals surface area contributed by atoms with E-state index in [-0.39, 0.29) is 11.8 Å². The molecular formula is C26H28N4O. The number of carbonyl (C=O) groups is 1. The summed E-state index contributed by atoms with van der Waals surface area (Å²) in [4.78, 5) is 27.3. The number of anilines is 1. The van der Waals surface area contributed by atoms with Crippen molar-refractivity contribution in [2.24, 2.45) is 5.92 Å². The summed E-state index contributed by atoms with van der Waals surface area (Å²) in [5, 5.41) is 0. The number of fused-ring (bicyclic) bond motifs is 1. The molecule has 1 fully saturated rings. The molecule has 2 heterocycles. The number of benzene rings is 2. The molecule has 3 aromatic rings. The second-order valence-electron chi connectivity index (χ2n) is 8.55. The Hall–Kier alpha value is -3.21. The number of hydrogen-bond acceptors (Lipinski definition) is 4. The van der Waals surface area contributed by atoms with Gasteiger partial charge in [-0.05, 0) is 24.8 Å². The van der Waals surface area contributed by atoms with Gasteiger partial charge in [0.25, 0.3) is 0 Å². The molecule has 2 aliphatic rings. The Balaban J connectivity index is 1.41. The van der Waals surface area contributed by atoms with E-state index >= 15 is 0 Å². The molecule has 5 nitrogen and oxygen atoms in total. The van der Waals surface area contributed by atoms with E-state index in [0.717, 1.165) is 54.4 Å². The highest BCUT2D eigenvalue weighted by Gasteiger charge is 2.46. The Morgan fingerprint density at radius 2 is 1.77 bits per heavy atom. The molecule has 1 amide bonds. The highest BCUT2D eigenvalue weighted by molar-refractivity contribution is 5.83. The van der Waals surface area contributed by atoms with Crippen LogP contribution in [-0.2, 0) is 17.8 Å². The Morgan fingerprint density at radius 1 is 1.06 bits per heavy atom. The summed E-state index contributed by atoms with van der Waals surface area (Å²) < 4.78 is 0. The van der Waals surface area contributed by atoms with Gasteiger partial charge in [0.2, 0.25) is 5.91 Å². The van der Waals surface area contributed by atoms with Crippen LogP contribution in [0.1, 0.15) is 36.1 Å². The van der Waals surface area contributed by atoms with Crippen molar-refractivity contribution in [1.82, 2.24) is 14.9 Å². The van der Waals surface area contributed by atoms with Crippen molar-refractivity contribution in [2.75, 3.05) is 25.0 Å². The van der Waals surface area contributed by atoms with E-state index in [1.807, 2.05) is 41.3 Å². The first-order valence-electron chi connectivity index (χ1n) is 11.2. The second-order valence-corrected chi connectivity index (χ2v) is 8.55. The SMILES string of the molecule is CCN(C)c1nc(-c2ccccc2)nc2c1CN(C(=O)[C@@H]1C[C@H]1c1ccccc1)CC2. The van der Waals surface area contributed by atoms with Gasteiger partial charge in [-0.3, -0.25) is 4.79 Å². The number of amides is 1. The molecule has 0 saturated heterocycles. The van der Waals surface area contributed by atoms with E-state index in [2.05, 4.69) is 43.1 Å². The zero-order valence-corrected chi connectivity index (χ0v) is 18.2. The van der Waals surface area contributed by atoms with Gasteiger partial charge in [0.1, 0.15) is 5.82 Å². The Kier molecular flexibility index (Phi) is 5.18. The number of aromatic nitrogens is 2. The van der Waals surface area contributed by atoms with Gasteiger partial charge in [0.15, 0.2) is 5.82 Å². The molecule has 0 radical (unpaired) electrons. The van der Waals surface area contributed by atoms with Crippen LogP contribution in [-0.4, -0.2) is 40.9 Å². The third kappa shape index (κ3) is 3.80. The molecule has 1 saturated carbocycles. The molecular weight excluding hydrogens is 384 g/mol. The third-order valence-electron chi connectivity index (χ3n) is 6.55. The average molecular weight is 413 g/mol. The summed E-state index contributed by atoms with van der Waals surface area (Å²) in [6, 6.07) is 20.5. The third-order valence-corrected chi connectivity index (χ3v) is 6.55. The lowest BCUT2D eigenvalue weighted by Crippen LogP contribution is -2.39. The van der Waals surface area contributed by atoms with Gasteiger partial charge in [0, 0.05) is 43.6 Å². The first kappa shape index (κ1) is 19.7. The van der Waals surface area contributed by atoms with Crippen LogP contribution < -0.4 is 4.90 Å². The van der Waals surface area contributed by atoms with Crippen LogP contribution in [0.4, 0.5) is 5.82 Å². The van der Waals surface area contributed by atoms with Crippen LogP contribution in [0.2, 0.25) is 0 Å². The average Bonchev–Trinajstić information content (AvgIpc) is 3.64. The zero-order chi connectivity index (χ0) is 21.4. The standard InChI is InChI=1S/C26H28N4O/c1-3-29(2)25-22-17-30(26(31)21-16-20(21)18-10-6-4-7-11-18)15-14-23(22)27-24(28-25)19-12-8-5-9-13-19/h4-13,20-21H,3,14-17H2,1-2H3/t20-,21+/m0/s1. The number of hydrogen-bond donors (Lipinski definition) is 0. The number of nitrogens with zero attached hydrogens (tertiary/aromatic N) is 4. The molecule has 2 aromatic carbocycles. The molecule has 1 aliphatic carbocycles. The van der Waals surface area contributed by atoms with Gasteiger partial charge >= 0.3 is 0 Å². The maximum absolute atomic E-state index is 13.3. The lowest BCUT2D eigenvalue weighted by molar-refractivity contribution is -0.133. The molecule has 158 valence electrons. The lowest BCUT2D eigenvalue weighted by atomic mass is 10.0. The fourth-order valence-electron chi connectivity index (χ4n) is 4.54. The van der Waals surface area contributed by atoms with Crippen molar-refractivity contribution in [1.29, 1.82) is 0 Å². The lowest BCUT2D eigenvalue weighted by Gasteiger charge is -2.32. The Morgan fingerprint density at radius 3 is 2.48 bits per heavy atom. The van der Waals surface area contributed by atoms with Crippen molar-refractivity contribution in [2.45, 2.75) is 32.2 Å². The fraction of sp³-hybridized carbons (Fsp3) is 0.346. The van der Waals surface area contributed by atoms with Crippen LogP contribution in [0, 0.1) is 5.92 Å². The largest absolute Gasteiger partial charge is 0.360 e. The number of rotatable bonds is 5. The van der Waals surface area contributed by atoms with Crippen molar-refractivity contribution in [3.8, 4) is 11.4 Å². The molecule has 2 atom stereocenters. The van der Waals surface area contributed by atoms with E-state index in [1.165, 1.54) is 5.56 Å². The molecule has 1 aromatic heterocycles. The highest BCUT2D eigenvalue weighted by Crippen LogP contribution is 2.48. The van der Waals surface area contributed by atoms with Crippen LogP contribution in [0.3, 0.4) is 0 Å². The summed E-state index contributed by atoms with van der Waals surface area (Å²) >= 11 is 0. The van der Waals surface area contributed by atoms with Gasteiger partial charge < -0.3 is 9.80 Å². The van der Waals surface area contributed by atoms with Crippen molar-refractivity contribution >= 4 is 11.7 Å². The summed E-state index contributed by atoms with van der Waals surface area (Å²) in [5.74, 6) is 2.46. The highest BCUT2D eigenvalue weighted by atomic mass is 16.2. The smallest absolute Gasteiger partial charge is 0.226 e. The second kappa shape index (κ2) is 8.14. The predicted octanol–water partition coefficient (Wildman–Crippen LogP) is 4.29. The first-order valence-corrected chi connectivity index (χ1v) is 11.2. The molecule has 5 rings (SSSR count). The topological polar surface area (TPSA) is 49.3 Å². The molecule has 5 heteroatoms. The van der Waals surface area contributed by atoms with Crippen LogP contribution in [0.15, 0.2) is 60.7 Å². The van der Waals surface area contributed by atoms with Gasteiger partial charge in [-0.1, -0.05) is 60.7 Å². The maximum Gasteiger partial charge on any atom is 0.226 e. The summed E-state index contributed by atoms with van der Waals surface area (Å²) in [7, 11) is 2.06. The molecule has 0 bridgehead atoms. The monoisotopic (exact) mass is 412 g/mol. The minimum atomic E-state index is 0.112. The van der Waals surface area contributed by atoms with Gasteiger partial charge in [0.05, 0.1) is 12.2 Å². The summed E-state index contributed by atoms with van der Waals surface area (Å²) in [6.45, 7) is 4.30. The van der Waals surface area contributed by atoms with Crippen molar-refractivity contribution < 1.29 is 4.79 Å². The molecule has 1 aliphatic heterocycles. The van der Waals surface area contributed by atoms with Crippen LogP contribution in [0.25, 0.3) is 11.4 Å². The molecule has 0 N–H and O–H groups in total. The summed E-state index contributed by atoms with van der Waals surface area (Å²) in [5.41, 5.74) is 4.47. The van der Waals surface area contributed by atoms with E-state index in [1.54, 1.807) is 0 Å². The van der Waals surface area contributed by atoms with Crippen molar-refractivity contribution in [3.63, 3.8) is 0 Å². The zero-order valence-electron chi connectivity index (χ0n) is 18.2. The van der Waals surface area contributed by atoms with E-state index in [0.29, 0.717) is 12.5 Å². The minimum Gasteiger partial charge on any atom is -0.360 e. The summed E-state index contributed by atoms with van der Waals surface area (Å²) in [6.07, 6.45) is 1.73. The van der Waals surface area contributed by atoms with E-state index in [9.17, 15) is 4.79 Å². The van der Waals surface area contributed by atoms with Gasteiger partial charge in [-0.25, -0.2) is 9.97 Å². The normalized spacial score (nSPS) is 19.6. The van der Waals surface area contributed by atoms with Crippen molar-refractivity contribution in [3.05, 3.63) is 77.5 Å². The first-order chi connectivity index (χ1) is 15.2. The maximum atomic E-state index is 13.3. The van der Waals surface area contributed by atoms with E-state index in [4.69, 9.17) is 9.97 Å². The van der Waals surface area contributed by atoms with Crippen LogP contribution >= 0.6 is 0 Å². The molecule has 0 spiro atoms. The van der Waals surface area contributed by atoms with Gasteiger partial charge in [-0.15, -0.1) is 0 Å². The Labute approximate surface area is 183 Å². The molecule has 31 heavy (non-hydrogen) atoms.